The predicted molar refractivity (Wildman–Crippen MR) is 69.7 cm³/mol. The molecular formula is C12H10Cl2OS. The van der Waals surface area contributed by atoms with E-state index in [2.05, 4.69) is 0 Å². The summed E-state index contributed by atoms with van der Waals surface area (Å²) in [6.45, 7) is 0.533. The van der Waals surface area contributed by atoms with Gasteiger partial charge in [-0.15, -0.1) is 22.9 Å². The van der Waals surface area contributed by atoms with Gasteiger partial charge < -0.3 is 4.74 Å². The number of alkyl halides is 1. The molecule has 4 heteroatoms. The summed E-state index contributed by atoms with van der Waals surface area (Å²) in [7, 11) is 0. The monoisotopic (exact) mass is 272 g/mol. The van der Waals surface area contributed by atoms with Crippen LogP contribution in [0.4, 0.5) is 0 Å². The standard InChI is InChI=1S/C12H10Cl2OS/c13-7-9-3-1-5-11(14)12(9)15-8-10-4-2-6-16-10/h1-6H,7-8H2. The molecular weight excluding hydrogens is 263 g/mol. The zero-order valence-electron chi connectivity index (χ0n) is 8.45. The van der Waals surface area contributed by atoms with E-state index < -0.39 is 0 Å². The van der Waals surface area contributed by atoms with Gasteiger partial charge in [0.25, 0.3) is 0 Å². The van der Waals surface area contributed by atoms with E-state index >= 15 is 0 Å². The lowest BCUT2D eigenvalue weighted by Crippen LogP contribution is -1.96. The fraction of sp³-hybridized carbons (Fsp3) is 0.167. The van der Waals surface area contributed by atoms with Crippen LogP contribution in [0.15, 0.2) is 35.7 Å². The van der Waals surface area contributed by atoms with Crippen molar-refractivity contribution in [2.24, 2.45) is 0 Å². The van der Waals surface area contributed by atoms with Crippen molar-refractivity contribution in [1.29, 1.82) is 0 Å². The Bertz CT molecular complexity index is 454. The van der Waals surface area contributed by atoms with E-state index in [1.54, 1.807) is 17.4 Å². The first-order valence-electron chi connectivity index (χ1n) is 4.80. The minimum atomic E-state index is 0.403. The first-order valence-corrected chi connectivity index (χ1v) is 6.59. The van der Waals surface area contributed by atoms with Crippen LogP contribution in [0, 0.1) is 0 Å². The van der Waals surface area contributed by atoms with E-state index in [1.165, 1.54) is 4.88 Å². The number of benzene rings is 1. The molecule has 16 heavy (non-hydrogen) atoms. The zero-order valence-corrected chi connectivity index (χ0v) is 10.8. The second-order valence-electron chi connectivity index (χ2n) is 3.23. The SMILES string of the molecule is ClCc1cccc(Cl)c1OCc1cccs1. The zero-order chi connectivity index (χ0) is 11.4. The van der Waals surface area contributed by atoms with Gasteiger partial charge in [-0.3, -0.25) is 0 Å². The molecule has 84 valence electrons. The van der Waals surface area contributed by atoms with E-state index in [0.717, 1.165) is 5.56 Å². The normalized spacial score (nSPS) is 10.4. The van der Waals surface area contributed by atoms with Crippen molar-refractivity contribution in [2.45, 2.75) is 12.5 Å². The number of halogens is 2. The molecule has 0 spiro atoms. The van der Waals surface area contributed by atoms with Crippen LogP contribution < -0.4 is 4.74 Å². The quantitative estimate of drug-likeness (QED) is 0.732. The second-order valence-corrected chi connectivity index (χ2v) is 4.94. The fourth-order valence-electron chi connectivity index (χ4n) is 1.36. The highest BCUT2D eigenvalue weighted by atomic mass is 35.5. The highest BCUT2D eigenvalue weighted by Gasteiger charge is 2.07. The molecule has 0 bridgehead atoms. The van der Waals surface area contributed by atoms with Gasteiger partial charge in [-0.25, -0.2) is 0 Å². The predicted octanol–water partition coefficient (Wildman–Crippen LogP) is 4.72. The van der Waals surface area contributed by atoms with Gasteiger partial charge in [0.05, 0.1) is 10.9 Å². The van der Waals surface area contributed by atoms with Crippen LogP contribution in [-0.4, -0.2) is 0 Å². The summed E-state index contributed by atoms with van der Waals surface area (Å²) < 4.78 is 5.70. The fourth-order valence-corrected chi connectivity index (χ4v) is 2.43. The maximum Gasteiger partial charge on any atom is 0.142 e. The van der Waals surface area contributed by atoms with Gasteiger partial charge in [0.1, 0.15) is 12.4 Å². The minimum Gasteiger partial charge on any atom is -0.486 e. The Hall–Kier alpha value is -0.700. The molecule has 0 aliphatic heterocycles. The first-order chi connectivity index (χ1) is 7.81. The smallest absolute Gasteiger partial charge is 0.142 e. The molecule has 2 aromatic rings. The Morgan fingerprint density at radius 2 is 2.06 bits per heavy atom. The van der Waals surface area contributed by atoms with Crippen molar-refractivity contribution >= 4 is 34.5 Å². The lowest BCUT2D eigenvalue weighted by Gasteiger charge is -2.10. The van der Waals surface area contributed by atoms with Gasteiger partial charge in [-0.05, 0) is 17.5 Å². The highest BCUT2D eigenvalue weighted by molar-refractivity contribution is 7.09. The lowest BCUT2D eigenvalue weighted by atomic mass is 10.2. The molecule has 1 nitrogen and oxygen atoms in total. The van der Waals surface area contributed by atoms with Gasteiger partial charge in [0, 0.05) is 10.4 Å². The van der Waals surface area contributed by atoms with E-state index in [4.69, 9.17) is 27.9 Å². The molecule has 0 atom stereocenters. The van der Waals surface area contributed by atoms with E-state index in [0.29, 0.717) is 23.3 Å². The Kier molecular flexibility index (Phi) is 4.10. The van der Waals surface area contributed by atoms with Crippen LogP contribution in [0.25, 0.3) is 0 Å². The molecule has 0 aliphatic carbocycles. The number of rotatable bonds is 4. The molecule has 1 heterocycles. The third kappa shape index (κ3) is 2.70. The van der Waals surface area contributed by atoms with Gasteiger partial charge in [-0.2, -0.15) is 0 Å². The maximum absolute atomic E-state index is 6.07. The molecule has 1 aromatic carbocycles. The summed E-state index contributed by atoms with van der Waals surface area (Å²) in [5.41, 5.74) is 0.922. The summed E-state index contributed by atoms with van der Waals surface area (Å²) in [6.07, 6.45) is 0. The van der Waals surface area contributed by atoms with Crippen molar-refractivity contribution in [1.82, 2.24) is 0 Å². The number of ether oxygens (including phenoxy) is 1. The number of para-hydroxylation sites is 1. The summed E-state index contributed by atoms with van der Waals surface area (Å²) in [5, 5.41) is 2.63. The Labute approximate surface area is 109 Å². The summed E-state index contributed by atoms with van der Waals surface area (Å²) in [6, 6.07) is 9.63. The highest BCUT2D eigenvalue weighted by Crippen LogP contribution is 2.30. The number of hydrogen-bond acceptors (Lipinski definition) is 2. The van der Waals surface area contributed by atoms with Crippen LogP contribution in [-0.2, 0) is 12.5 Å². The van der Waals surface area contributed by atoms with Gasteiger partial charge in [0.2, 0.25) is 0 Å². The molecule has 0 aliphatic rings. The topological polar surface area (TPSA) is 9.23 Å². The largest absolute Gasteiger partial charge is 0.486 e. The number of hydrogen-bond donors (Lipinski definition) is 0. The third-order valence-electron chi connectivity index (χ3n) is 2.13. The molecule has 0 radical (unpaired) electrons. The van der Waals surface area contributed by atoms with Gasteiger partial charge in [-0.1, -0.05) is 29.8 Å². The van der Waals surface area contributed by atoms with Crippen LogP contribution in [0.3, 0.4) is 0 Å². The molecule has 0 fully saturated rings. The van der Waals surface area contributed by atoms with Crippen LogP contribution in [0.5, 0.6) is 5.75 Å². The molecule has 0 amide bonds. The van der Waals surface area contributed by atoms with E-state index in [9.17, 15) is 0 Å². The summed E-state index contributed by atoms with van der Waals surface area (Å²) in [4.78, 5) is 1.17. The molecule has 0 saturated heterocycles. The molecule has 0 N–H and O–H groups in total. The lowest BCUT2D eigenvalue weighted by molar-refractivity contribution is 0.307. The maximum atomic E-state index is 6.07. The van der Waals surface area contributed by atoms with Crippen molar-refractivity contribution in [3.8, 4) is 5.75 Å². The van der Waals surface area contributed by atoms with Crippen molar-refractivity contribution in [2.75, 3.05) is 0 Å². The van der Waals surface area contributed by atoms with Crippen LogP contribution in [0.1, 0.15) is 10.4 Å². The summed E-state index contributed by atoms with van der Waals surface area (Å²) >= 11 is 13.6. The number of thiophene rings is 1. The molecule has 1 aromatic heterocycles. The van der Waals surface area contributed by atoms with Crippen molar-refractivity contribution in [3.05, 3.63) is 51.2 Å². The van der Waals surface area contributed by atoms with Gasteiger partial charge >= 0.3 is 0 Å². The Morgan fingerprint density at radius 1 is 1.19 bits per heavy atom. The first kappa shape index (κ1) is 11.8. The third-order valence-corrected chi connectivity index (χ3v) is 3.57. The van der Waals surface area contributed by atoms with Crippen LogP contribution >= 0.6 is 34.5 Å². The second kappa shape index (κ2) is 5.58. The van der Waals surface area contributed by atoms with E-state index in [1.807, 2.05) is 29.6 Å². The van der Waals surface area contributed by atoms with E-state index in [-0.39, 0.29) is 0 Å². The molecule has 0 saturated carbocycles. The van der Waals surface area contributed by atoms with Crippen molar-refractivity contribution < 1.29 is 4.74 Å². The van der Waals surface area contributed by atoms with Crippen LogP contribution in [0.2, 0.25) is 5.02 Å². The average molecular weight is 273 g/mol. The van der Waals surface area contributed by atoms with Gasteiger partial charge in [0.15, 0.2) is 0 Å². The molecule has 2 rings (SSSR count). The Balaban J connectivity index is 2.14. The average Bonchev–Trinajstić information content (AvgIpc) is 2.80. The summed E-state index contributed by atoms with van der Waals surface area (Å²) in [5.74, 6) is 1.09. The van der Waals surface area contributed by atoms with Crippen molar-refractivity contribution in [3.63, 3.8) is 0 Å². The molecule has 0 unspecified atom stereocenters. The Morgan fingerprint density at radius 3 is 2.75 bits per heavy atom. The minimum absolute atomic E-state index is 0.403.